The molecule has 0 bridgehead atoms. The molecule has 13 nitrogen and oxygen atoms in total. The van der Waals surface area contributed by atoms with E-state index in [1.54, 1.807) is 45.0 Å². The largest absolute Gasteiger partial charge is 0.569 e. The van der Waals surface area contributed by atoms with Crippen LogP contribution in [0, 0.1) is 17.5 Å². The molecule has 3 aromatic rings. The Balaban J connectivity index is 1.55. The lowest BCUT2D eigenvalue weighted by atomic mass is 9.98. The lowest BCUT2D eigenvalue weighted by Gasteiger charge is -2.15. The van der Waals surface area contributed by atoms with E-state index in [-0.39, 0.29) is 40.6 Å². The fraction of sp³-hybridized carbons (Fsp3) is 0.414. The lowest BCUT2D eigenvalue weighted by Crippen LogP contribution is -2.31. The first kappa shape index (κ1) is 35.8. The molecule has 0 aliphatic carbocycles. The molecular weight excluding hydrogens is 633 g/mol. The van der Waals surface area contributed by atoms with Gasteiger partial charge in [0.15, 0.2) is 5.69 Å². The summed E-state index contributed by atoms with van der Waals surface area (Å²) in [6, 6.07) is 12.6. The minimum absolute atomic E-state index is 0.135. The van der Waals surface area contributed by atoms with Crippen LogP contribution in [0.1, 0.15) is 51.3 Å². The topological polar surface area (TPSA) is 158 Å². The van der Waals surface area contributed by atoms with Gasteiger partial charge in [0.05, 0.1) is 40.3 Å². The number of nitrogens with zero attached hydrogens (tertiary/aromatic N) is 5. The van der Waals surface area contributed by atoms with Crippen molar-refractivity contribution < 1.29 is 45.7 Å². The number of carbonyl (C=O) groups excluding carboxylic acids is 2. The van der Waals surface area contributed by atoms with Gasteiger partial charge in [0.25, 0.3) is 16.8 Å². The second-order valence-corrected chi connectivity index (χ2v) is 13.0. The third-order valence-electron chi connectivity index (χ3n) is 6.40. The van der Waals surface area contributed by atoms with E-state index in [1.807, 2.05) is 11.6 Å². The first-order chi connectivity index (χ1) is 21.4. The predicted octanol–water partition coefficient (Wildman–Crippen LogP) is 5.13. The number of amides is 1. The van der Waals surface area contributed by atoms with E-state index in [1.165, 1.54) is 19.2 Å². The molecule has 0 atom stereocenters. The molecule has 1 aromatic heterocycles. The second-order valence-electron chi connectivity index (χ2n) is 11.3. The van der Waals surface area contributed by atoms with Crippen molar-refractivity contribution >= 4 is 21.9 Å². The van der Waals surface area contributed by atoms with Crippen molar-refractivity contribution in [3.05, 3.63) is 71.1 Å². The monoisotopic (exact) mass is 668 g/mol. The van der Waals surface area contributed by atoms with Gasteiger partial charge in [0.2, 0.25) is 11.2 Å². The normalized spacial score (nSPS) is 12.5. The van der Waals surface area contributed by atoms with Crippen molar-refractivity contribution in [2.75, 3.05) is 20.4 Å². The van der Waals surface area contributed by atoms with Gasteiger partial charge in [-0.05, 0) is 70.9 Å². The smallest absolute Gasteiger partial charge is 0.435 e. The highest BCUT2D eigenvalue weighted by Gasteiger charge is 2.35. The first-order valence-electron chi connectivity index (χ1n) is 14.0. The van der Waals surface area contributed by atoms with E-state index < -0.39 is 46.0 Å². The van der Waals surface area contributed by atoms with Crippen molar-refractivity contribution in [1.29, 1.82) is 0 Å². The molecule has 0 aliphatic heterocycles. The molecule has 1 heterocycles. The summed E-state index contributed by atoms with van der Waals surface area (Å²) in [5.74, 6) is -1.32. The zero-order valence-corrected chi connectivity index (χ0v) is 26.7. The Morgan fingerprint density at radius 2 is 1.70 bits per heavy atom. The number of hydrogen-bond donors (Lipinski definition) is 1. The fourth-order valence-electron chi connectivity index (χ4n) is 3.82. The van der Waals surface area contributed by atoms with Crippen molar-refractivity contribution in [3.8, 4) is 16.9 Å². The van der Waals surface area contributed by atoms with Crippen LogP contribution in [0.15, 0.2) is 64.8 Å². The molecule has 17 heteroatoms. The summed E-state index contributed by atoms with van der Waals surface area (Å²) >= 11 is 0. The summed E-state index contributed by atoms with van der Waals surface area (Å²) in [5, 5.41) is 20.0. The standard InChI is InChI=1S/C29H35F3N6O7S/c1-20-9-11-21(12-10-20)24-18-25(29(30,31)32)33-37(24)22-13-15-23(16-14-22)46(42,43)34-26(39)8-6-7-17-36(5)38(41)35-45-19-44-27(40)28(2,3)4/h9-16,18H,6-8,17,19H2,1-5H3,(H,34,39)/b38-35-. The van der Waals surface area contributed by atoms with Gasteiger partial charge in [-0.3, -0.25) is 9.59 Å². The van der Waals surface area contributed by atoms with Gasteiger partial charge in [-0.1, -0.05) is 29.8 Å². The number of nitrogens with one attached hydrogen (secondary N) is 1. The van der Waals surface area contributed by atoms with Crippen LogP contribution in [0.4, 0.5) is 13.2 Å². The average molecular weight is 669 g/mol. The molecule has 46 heavy (non-hydrogen) atoms. The number of rotatable bonds is 13. The lowest BCUT2D eigenvalue weighted by molar-refractivity contribution is -0.706. The zero-order valence-electron chi connectivity index (χ0n) is 25.9. The van der Waals surface area contributed by atoms with Gasteiger partial charge >= 0.3 is 12.1 Å². The molecule has 0 aliphatic rings. The molecule has 0 saturated heterocycles. The number of unbranched alkanes of at least 4 members (excludes halogenated alkanes) is 1. The Morgan fingerprint density at radius 3 is 2.28 bits per heavy atom. The number of aryl methyl sites for hydroxylation is 1. The molecule has 1 amide bonds. The van der Waals surface area contributed by atoms with Crippen LogP contribution in [0.2, 0.25) is 0 Å². The molecule has 1 N–H and O–H groups in total. The van der Waals surface area contributed by atoms with Crippen LogP contribution < -0.4 is 4.72 Å². The molecule has 0 radical (unpaired) electrons. The van der Waals surface area contributed by atoms with E-state index in [9.17, 15) is 36.4 Å². The molecule has 0 unspecified atom stereocenters. The predicted molar refractivity (Wildman–Crippen MR) is 158 cm³/mol. The molecule has 2 aromatic carbocycles. The Labute approximate surface area is 264 Å². The summed E-state index contributed by atoms with van der Waals surface area (Å²) < 4.78 is 73.9. The third-order valence-corrected chi connectivity index (χ3v) is 7.79. The highest BCUT2D eigenvalue weighted by molar-refractivity contribution is 7.90. The highest BCUT2D eigenvalue weighted by Crippen LogP contribution is 2.33. The van der Waals surface area contributed by atoms with Gasteiger partial charge in [0, 0.05) is 12.0 Å². The van der Waals surface area contributed by atoms with Crippen molar-refractivity contribution in [2.45, 2.75) is 58.0 Å². The fourth-order valence-corrected chi connectivity index (χ4v) is 4.83. The minimum atomic E-state index is -4.70. The average Bonchev–Trinajstić information content (AvgIpc) is 3.43. The number of sulfonamides is 1. The Kier molecular flexibility index (Phi) is 11.4. The van der Waals surface area contributed by atoms with Gasteiger partial charge in [-0.15, -0.1) is 5.01 Å². The number of ether oxygens (including phenoxy) is 1. The molecular formula is C29H35F3N6O7S. The number of carbonyl (C=O) groups is 2. The van der Waals surface area contributed by atoms with Gasteiger partial charge in [0.1, 0.15) is 0 Å². The molecule has 3 rings (SSSR count). The van der Waals surface area contributed by atoms with Gasteiger partial charge in [-0.25, -0.2) is 17.8 Å². The summed E-state index contributed by atoms with van der Waals surface area (Å²) in [6.45, 7) is 6.40. The number of hydrazine groups is 1. The van der Waals surface area contributed by atoms with Crippen LogP contribution in [-0.2, 0) is 35.4 Å². The number of alkyl halides is 3. The van der Waals surface area contributed by atoms with Crippen molar-refractivity contribution in [1.82, 2.24) is 19.5 Å². The number of hydrogen-bond acceptors (Lipinski definition) is 9. The van der Waals surface area contributed by atoms with Crippen LogP contribution in [0.3, 0.4) is 0 Å². The molecule has 0 spiro atoms. The maximum Gasteiger partial charge on any atom is 0.435 e. The minimum Gasteiger partial charge on any atom is -0.569 e. The van der Waals surface area contributed by atoms with Crippen LogP contribution in [0.5, 0.6) is 0 Å². The van der Waals surface area contributed by atoms with Crippen molar-refractivity contribution in [3.63, 3.8) is 0 Å². The number of halogens is 3. The van der Waals surface area contributed by atoms with E-state index in [0.29, 0.717) is 12.0 Å². The summed E-state index contributed by atoms with van der Waals surface area (Å²) in [4.78, 5) is 28.5. The number of benzene rings is 2. The Morgan fingerprint density at radius 1 is 1.07 bits per heavy atom. The van der Waals surface area contributed by atoms with Crippen LogP contribution in [0.25, 0.3) is 16.9 Å². The Hall–Kier alpha value is -4.67. The van der Waals surface area contributed by atoms with E-state index >= 15 is 0 Å². The highest BCUT2D eigenvalue weighted by atomic mass is 32.2. The van der Waals surface area contributed by atoms with E-state index in [0.717, 1.165) is 33.5 Å². The summed E-state index contributed by atoms with van der Waals surface area (Å²) in [6.07, 6.45) is -4.33. The maximum atomic E-state index is 13.5. The first-order valence-corrected chi connectivity index (χ1v) is 15.5. The Bertz CT molecular complexity index is 1650. The summed E-state index contributed by atoms with van der Waals surface area (Å²) in [5.41, 5.74) is -0.121. The third kappa shape index (κ3) is 9.92. The molecule has 250 valence electrons. The quantitative estimate of drug-likeness (QED) is 0.0651. The van der Waals surface area contributed by atoms with Gasteiger partial charge < -0.3 is 14.8 Å². The van der Waals surface area contributed by atoms with Crippen LogP contribution in [-0.4, -0.2) is 60.4 Å². The number of aromatic nitrogens is 2. The summed E-state index contributed by atoms with van der Waals surface area (Å²) in [7, 11) is -2.88. The number of esters is 1. The SMILES string of the molecule is Cc1ccc(-c2cc(C(F)(F)F)nn2-c2ccc(S(=O)(=O)NC(=O)CCCCN(C)/[N+]([O-])=N/OCOC(=O)C(C)(C)C)cc2)cc1. The maximum absolute atomic E-state index is 13.5. The zero-order chi connectivity index (χ0) is 34.3. The molecule has 0 fully saturated rings. The van der Waals surface area contributed by atoms with E-state index in [2.05, 4.69) is 15.2 Å². The van der Waals surface area contributed by atoms with Gasteiger partial charge in [-0.2, -0.15) is 18.3 Å². The second kappa shape index (κ2) is 14.6. The molecule has 0 saturated carbocycles. The van der Waals surface area contributed by atoms with Crippen LogP contribution >= 0.6 is 0 Å². The van der Waals surface area contributed by atoms with E-state index in [4.69, 9.17) is 4.74 Å². The van der Waals surface area contributed by atoms with Crippen molar-refractivity contribution in [2.24, 2.45) is 10.7 Å².